The summed E-state index contributed by atoms with van der Waals surface area (Å²) < 4.78 is 26.6. The number of rotatable bonds is 7. The minimum atomic E-state index is -3.14. The van der Waals surface area contributed by atoms with Crippen LogP contribution in [0.4, 0.5) is 0 Å². The van der Waals surface area contributed by atoms with Crippen LogP contribution in [-0.4, -0.2) is 26.3 Å². The van der Waals surface area contributed by atoms with E-state index in [2.05, 4.69) is 18.6 Å². The van der Waals surface area contributed by atoms with Gasteiger partial charge in [-0.2, -0.15) is 0 Å². The highest BCUT2D eigenvalue weighted by atomic mass is 32.2. The van der Waals surface area contributed by atoms with E-state index in [0.29, 0.717) is 12.5 Å². The van der Waals surface area contributed by atoms with E-state index in [9.17, 15) is 8.42 Å². The van der Waals surface area contributed by atoms with Crippen LogP contribution >= 0.6 is 0 Å². The number of sulfonamides is 1. The van der Waals surface area contributed by atoms with Crippen molar-refractivity contribution >= 4 is 10.0 Å². The highest BCUT2D eigenvalue weighted by Crippen LogP contribution is 2.24. The molecule has 0 aromatic carbocycles. The van der Waals surface area contributed by atoms with Crippen molar-refractivity contribution in [2.24, 2.45) is 11.7 Å². The highest BCUT2D eigenvalue weighted by Gasteiger charge is 2.29. The topological polar surface area (TPSA) is 72.2 Å². The van der Waals surface area contributed by atoms with Crippen molar-refractivity contribution in [3.63, 3.8) is 0 Å². The first-order valence-electron chi connectivity index (χ1n) is 6.75. The number of hydrogen-bond acceptors (Lipinski definition) is 3. The second-order valence-corrected chi connectivity index (χ2v) is 7.09. The molecule has 0 aromatic rings. The Kier molecular flexibility index (Phi) is 5.89. The predicted octanol–water partition coefficient (Wildman–Crippen LogP) is 1.61. The first-order chi connectivity index (χ1) is 8.01. The molecule has 0 heterocycles. The van der Waals surface area contributed by atoms with E-state index >= 15 is 0 Å². The average Bonchev–Trinajstić information content (AvgIpc) is 2.82. The summed E-state index contributed by atoms with van der Waals surface area (Å²) >= 11 is 0. The lowest BCUT2D eigenvalue weighted by Gasteiger charge is -2.22. The molecule has 0 saturated heterocycles. The molecule has 3 N–H and O–H groups in total. The van der Waals surface area contributed by atoms with Crippen molar-refractivity contribution < 1.29 is 8.42 Å². The van der Waals surface area contributed by atoms with Crippen molar-refractivity contribution in [1.82, 2.24) is 4.72 Å². The van der Waals surface area contributed by atoms with Gasteiger partial charge >= 0.3 is 0 Å². The van der Waals surface area contributed by atoms with E-state index in [4.69, 9.17) is 5.73 Å². The molecular formula is C12H26N2O2S. The first kappa shape index (κ1) is 14.9. The van der Waals surface area contributed by atoms with E-state index in [1.807, 2.05) is 0 Å². The molecule has 0 aliphatic heterocycles. The Morgan fingerprint density at radius 3 is 2.24 bits per heavy atom. The summed E-state index contributed by atoms with van der Waals surface area (Å²) in [6.45, 7) is 4.57. The molecule has 1 aliphatic carbocycles. The SMILES string of the molecule is CCC(CC)C(N)CNS(=O)(=O)C1CCCC1. The Hall–Kier alpha value is -0.130. The number of nitrogens with two attached hydrogens (primary N) is 1. The van der Waals surface area contributed by atoms with Gasteiger partial charge in [-0.25, -0.2) is 13.1 Å². The maximum Gasteiger partial charge on any atom is 0.214 e. The monoisotopic (exact) mass is 262 g/mol. The van der Waals surface area contributed by atoms with Crippen LogP contribution in [0, 0.1) is 5.92 Å². The van der Waals surface area contributed by atoms with Crippen LogP contribution in [0.15, 0.2) is 0 Å². The molecule has 1 rings (SSSR count). The Bertz CT molecular complexity index is 306. The molecule has 1 aliphatic rings. The number of nitrogens with one attached hydrogen (secondary N) is 1. The van der Waals surface area contributed by atoms with Gasteiger partial charge in [0.25, 0.3) is 0 Å². The van der Waals surface area contributed by atoms with Crippen LogP contribution in [0.25, 0.3) is 0 Å². The fraction of sp³-hybridized carbons (Fsp3) is 1.00. The molecule has 0 amide bonds. The third-order valence-corrected chi connectivity index (χ3v) is 5.83. The fourth-order valence-electron chi connectivity index (χ4n) is 2.59. The van der Waals surface area contributed by atoms with Crippen LogP contribution in [0.5, 0.6) is 0 Å². The van der Waals surface area contributed by atoms with Gasteiger partial charge in [0.15, 0.2) is 0 Å². The van der Waals surface area contributed by atoms with Gasteiger partial charge in [0.1, 0.15) is 0 Å². The van der Waals surface area contributed by atoms with Crippen molar-refractivity contribution in [1.29, 1.82) is 0 Å². The van der Waals surface area contributed by atoms with Gasteiger partial charge in [-0.3, -0.25) is 0 Å². The van der Waals surface area contributed by atoms with Gasteiger partial charge in [-0.05, 0) is 18.8 Å². The summed E-state index contributed by atoms with van der Waals surface area (Å²) in [6, 6.07) is -0.0684. The fourth-order valence-corrected chi connectivity index (χ4v) is 4.20. The quantitative estimate of drug-likeness (QED) is 0.732. The van der Waals surface area contributed by atoms with Crippen LogP contribution in [0.1, 0.15) is 52.4 Å². The smallest absolute Gasteiger partial charge is 0.214 e. The summed E-state index contributed by atoms with van der Waals surface area (Å²) in [7, 11) is -3.14. The van der Waals surface area contributed by atoms with Gasteiger partial charge in [0.2, 0.25) is 10.0 Å². The molecule has 1 fully saturated rings. The summed E-state index contributed by atoms with van der Waals surface area (Å²) in [5, 5.41) is -0.184. The zero-order chi connectivity index (χ0) is 12.9. The summed E-state index contributed by atoms with van der Waals surface area (Å²) in [5.41, 5.74) is 6.02. The van der Waals surface area contributed by atoms with Gasteiger partial charge in [0.05, 0.1) is 5.25 Å². The van der Waals surface area contributed by atoms with E-state index in [-0.39, 0.29) is 11.3 Å². The molecule has 5 heteroatoms. The van der Waals surface area contributed by atoms with Crippen LogP contribution in [0.3, 0.4) is 0 Å². The van der Waals surface area contributed by atoms with E-state index < -0.39 is 10.0 Å². The van der Waals surface area contributed by atoms with Gasteiger partial charge in [-0.15, -0.1) is 0 Å². The molecule has 0 aromatic heterocycles. The third-order valence-electron chi connectivity index (χ3n) is 3.92. The summed E-state index contributed by atoms with van der Waals surface area (Å²) in [4.78, 5) is 0. The molecule has 102 valence electrons. The van der Waals surface area contributed by atoms with Crippen LogP contribution in [0.2, 0.25) is 0 Å². The Labute approximate surface area is 105 Å². The van der Waals surface area contributed by atoms with Crippen molar-refractivity contribution in [3.05, 3.63) is 0 Å². The molecule has 1 unspecified atom stereocenters. The lowest BCUT2D eigenvalue weighted by Crippen LogP contribution is -2.44. The highest BCUT2D eigenvalue weighted by molar-refractivity contribution is 7.90. The molecule has 0 bridgehead atoms. The van der Waals surface area contributed by atoms with Gasteiger partial charge in [0, 0.05) is 12.6 Å². The van der Waals surface area contributed by atoms with Gasteiger partial charge < -0.3 is 5.73 Å². The van der Waals surface area contributed by atoms with Crippen LogP contribution in [-0.2, 0) is 10.0 Å². The normalized spacial score (nSPS) is 20.0. The first-order valence-corrected chi connectivity index (χ1v) is 8.30. The zero-order valence-electron chi connectivity index (χ0n) is 11.0. The Morgan fingerprint density at radius 2 is 1.76 bits per heavy atom. The molecule has 1 atom stereocenters. The maximum atomic E-state index is 12.0. The minimum Gasteiger partial charge on any atom is -0.326 e. The summed E-state index contributed by atoms with van der Waals surface area (Å²) in [6.07, 6.45) is 5.67. The van der Waals surface area contributed by atoms with Crippen molar-refractivity contribution in [2.75, 3.05) is 6.54 Å². The maximum absolute atomic E-state index is 12.0. The van der Waals surface area contributed by atoms with E-state index in [1.54, 1.807) is 0 Å². The minimum absolute atomic E-state index is 0.0684. The lowest BCUT2D eigenvalue weighted by atomic mass is 9.95. The molecule has 17 heavy (non-hydrogen) atoms. The van der Waals surface area contributed by atoms with Crippen molar-refractivity contribution in [2.45, 2.75) is 63.7 Å². The Morgan fingerprint density at radius 1 is 1.24 bits per heavy atom. The predicted molar refractivity (Wildman–Crippen MR) is 71.2 cm³/mol. The standard InChI is InChI=1S/C12H26N2O2S/c1-3-10(4-2)12(13)9-14-17(15,16)11-7-5-6-8-11/h10-12,14H,3-9,13H2,1-2H3. The largest absolute Gasteiger partial charge is 0.326 e. The molecule has 1 saturated carbocycles. The Balaban J connectivity index is 2.43. The van der Waals surface area contributed by atoms with Crippen molar-refractivity contribution in [3.8, 4) is 0 Å². The third kappa shape index (κ3) is 4.23. The van der Waals surface area contributed by atoms with Gasteiger partial charge in [-0.1, -0.05) is 39.5 Å². The number of hydrogen-bond donors (Lipinski definition) is 2. The molecule has 0 radical (unpaired) electrons. The molecule has 4 nitrogen and oxygen atoms in total. The van der Waals surface area contributed by atoms with Crippen LogP contribution < -0.4 is 10.5 Å². The second-order valence-electron chi connectivity index (χ2n) is 5.04. The lowest BCUT2D eigenvalue weighted by molar-refractivity contribution is 0.392. The molecular weight excluding hydrogens is 236 g/mol. The summed E-state index contributed by atoms with van der Waals surface area (Å²) in [5.74, 6) is 0.404. The van der Waals surface area contributed by atoms with E-state index in [1.165, 1.54) is 0 Å². The average molecular weight is 262 g/mol. The van der Waals surface area contributed by atoms with E-state index in [0.717, 1.165) is 38.5 Å². The molecule has 0 spiro atoms. The second kappa shape index (κ2) is 6.71. The zero-order valence-corrected chi connectivity index (χ0v) is 11.8.